The van der Waals surface area contributed by atoms with Crippen molar-refractivity contribution < 1.29 is 19.1 Å². The van der Waals surface area contributed by atoms with Crippen LogP contribution in [0.4, 0.5) is 0 Å². The molecule has 0 spiro atoms. The number of nitrogens with one attached hydrogen (secondary N) is 1. The van der Waals surface area contributed by atoms with E-state index in [1.54, 1.807) is 20.7 Å². The second kappa shape index (κ2) is 12.9. The quantitative estimate of drug-likeness (QED) is 0.473. The number of amides is 3. The number of benzene rings is 1. The third kappa shape index (κ3) is 6.72. The van der Waals surface area contributed by atoms with Crippen molar-refractivity contribution in [3.63, 3.8) is 0 Å². The van der Waals surface area contributed by atoms with Crippen LogP contribution in [-0.4, -0.2) is 96.8 Å². The Bertz CT molecular complexity index is 1360. The number of aryl methyl sites for hydroxylation is 3. The molecule has 2 aliphatic rings. The lowest BCUT2D eigenvalue weighted by Crippen LogP contribution is -2.42. The third-order valence-electron chi connectivity index (χ3n) is 7.68. The first-order chi connectivity index (χ1) is 19.9. The van der Waals surface area contributed by atoms with Gasteiger partial charge in [-0.05, 0) is 47.9 Å². The molecule has 0 radical (unpaired) electrons. The van der Waals surface area contributed by atoms with E-state index in [1.807, 2.05) is 31.2 Å². The van der Waals surface area contributed by atoms with Gasteiger partial charge in [0, 0.05) is 57.8 Å². The molecule has 4 heterocycles. The minimum absolute atomic E-state index is 0.0538. The molecule has 2 aliphatic heterocycles. The van der Waals surface area contributed by atoms with Crippen molar-refractivity contribution in [2.24, 2.45) is 5.92 Å². The van der Waals surface area contributed by atoms with Gasteiger partial charge in [-0.2, -0.15) is 5.10 Å². The van der Waals surface area contributed by atoms with Gasteiger partial charge >= 0.3 is 0 Å². The van der Waals surface area contributed by atoms with Gasteiger partial charge in [-0.25, -0.2) is 4.68 Å². The fourth-order valence-corrected chi connectivity index (χ4v) is 5.54. The van der Waals surface area contributed by atoms with Crippen LogP contribution >= 0.6 is 0 Å². The molecule has 1 N–H and O–H groups in total. The summed E-state index contributed by atoms with van der Waals surface area (Å²) in [6.45, 7) is 7.38. The lowest BCUT2D eigenvalue weighted by atomic mass is 9.88. The Morgan fingerprint density at radius 2 is 1.95 bits per heavy atom. The molecule has 2 atom stereocenters. The summed E-state index contributed by atoms with van der Waals surface area (Å²) in [5, 5.41) is 18.6. The summed E-state index contributed by atoms with van der Waals surface area (Å²) < 4.78 is 9.38. The fraction of sp³-hybridized carbons (Fsp3) is 0.536. The highest BCUT2D eigenvalue weighted by Gasteiger charge is 2.40. The van der Waals surface area contributed by atoms with Crippen LogP contribution in [-0.2, 0) is 22.7 Å². The number of hydrogen-bond donors (Lipinski definition) is 1. The minimum Gasteiger partial charge on any atom is -0.494 e. The Morgan fingerprint density at radius 3 is 2.76 bits per heavy atom. The fourth-order valence-electron chi connectivity index (χ4n) is 5.54. The van der Waals surface area contributed by atoms with Gasteiger partial charge in [0.05, 0.1) is 30.3 Å². The number of hydrogen-bond acceptors (Lipinski definition) is 8. The van der Waals surface area contributed by atoms with Gasteiger partial charge in [0.2, 0.25) is 11.8 Å². The molecule has 218 valence electrons. The Hall–Kier alpha value is -4.29. The number of carbonyl (C=O) groups excluding carboxylic acids is 3. The van der Waals surface area contributed by atoms with E-state index in [0.29, 0.717) is 69.3 Å². The highest BCUT2D eigenvalue weighted by atomic mass is 16.5. The van der Waals surface area contributed by atoms with Gasteiger partial charge in [-0.15, -0.1) is 5.10 Å². The molecule has 13 nitrogen and oxygen atoms in total. The first kappa shape index (κ1) is 28.2. The SMILES string of the molecule is CCCn1cc(C(=O)N2CCCOc3cccc(c3)[C@H]3CN(C(=O)CCn4cnnn4)C[C@@H]3C(=O)NCC2)c(C)n1. The van der Waals surface area contributed by atoms with Crippen molar-refractivity contribution in [3.8, 4) is 5.75 Å². The molecule has 2 aromatic heterocycles. The van der Waals surface area contributed by atoms with Crippen LogP contribution < -0.4 is 10.1 Å². The second-order valence-corrected chi connectivity index (χ2v) is 10.6. The Labute approximate surface area is 238 Å². The van der Waals surface area contributed by atoms with Gasteiger partial charge in [-0.3, -0.25) is 19.1 Å². The highest BCUT2D eigenvalue weighted by Crippen LogP contribution is 2.35. The number of aromatic nitrogens is 6. The number of likely N-dealkylation sites (tertiary alicyclic amines) is 1. The monoisotopic (exact) mass is 563 g/mol. The van der Waals surface area contributed by atoms with Crippen LogP contribution in [0.5, 0.6) is 5.75 Å². The number of tetrazole rings is 1. The molecule has 13 heteroatoms. The van der Waals surface area contributed by atoms with E-state index in [4.69, 9.17) is 4.74 Å². The van der Waals surface area contributed by atoms with E-state index >= 15 is 0 Å². The summed E-state index contributed by atoms with van der Waals surface area (Å²) in [7, 11) is 0. The molecule has 3 aromatic rings. The highest BCUT2D eigenvalue weighted by molar-refractivity contribution is 5.95. The van der Waals surface area contributed by atoms with Crippen molar-refractivity contribution in [2.45, 2.75) is 52.1 Å². The van der Waals surface area contributed by atoms with Crippen molar-refractivity contribution in [1.29, 1.82) is 0 Å². The summed E-state index contributed by atoms with van der Waals surface area (Å²) in [5.41, 5.74) is 2.23. The van der Waals surface area contributed by atoms with E-state index in [0.717, 1.165) is 18.5 Å². The lowest BCUT2D eigenvalue weighted by Gasteiger charge is -2.25. The molecule has 0 aliphatic carbocycles. The molecule has 2 bridgehead atoms. The molecule has 0 saturated carbocycles. The molecular formula is C28H37N9O4. The Morgan fingerprint density at radius 1 is 1.10 bits per heavy atom. The van der Waals surface area contributed by atoms with E-state index in [2.05, 4.69) is 32.9 Å². The normalized spacial score (nSPS) is 19.7. The number of nitrogens with zero attached hydrogens (tertiary/aromatic N) is 8. The summed E-state index contributed by atoms with van der Waals surface area (Å²) in [6.07, 6.45) is 5.08. The van der Waals surface area contributed by atoms with Crippen LogP contribution in [0.3, 0.4) is 0 Å². The number of rotatable bonds is 6. The van der Waals surface area contributed by atoms with Gasteiger partial charge in [-0.1, -0.05) is 19.1 Å². The lowest BCUT2D eigenvalue weighted by molar-refractivity contribution is -0.131. The minimum atomic E-state index is -0.427. The van der Waals surface area contributed by atoms with Crippen LogP contribution in [0, 0.1) is 12.8 Å². The first-order valence-corrected chi connectivity index (χ1v) is 14.2. The zero-order chi connectivity index (χ0) is 28.8. The zero-order valence-corrected chi connectivity index (χ0v) is 23.6. The van der Waals surface area contributed by atoms with Crippen LogP contribution in [0.1, 0.15) is 53.7 Å². The van der Waals surface area contributed by atoms with Crippen molar-refractivity contribution in [3.05, 3.63) is 53.6 Å². The maximum atomic E-state index is 13.5. The van der Waals surface area contributed by atoms with E-state index < -0.39 is 5.92 Å². The molecule has 1 aromatic carbocycles. The number of carbonyl (C=O) groups is 3. The van der Waals surface area contributed by atoms with Crippen LogP contribution in [0.2, 0.25) is 0 Å². The third-order valence-corrected chi connectivity index (χ3v) is 7.68. The maximum Gasteiger partial charge on any atom is 0.257 e. The summed E-state index contributed by atoms with van der Waals surface area (Å²) in [6, 6.07) is 7.75. The Kier molecular flexibility index (Phi) is 8.90. The van der Waals surface area contributed by atoms with E-state index in [-0.39, 0.29) is 30.1 Å². The molecule has 1 saturated heterocycles. The van der Waals surface area contributed by atoms with Gasteiger partial charge in [0.15, 0.2) is 0 Å². The number of ether oxygens (including phenoxy) is 1. The second-order valence-electron chi connectivity index (χ2n) is 10.6. The zero-order valence-electron chi connectivity index (χ0n) is 23.6. The summed E-state index contributed by atoms with van der Waals surface area (Å²) in [4.78, 5) is 43.6. The summed E-state index contributed by atoms with van der Waals surface area (Å²) in [5.74, 6) is -0.189. The first-order valence-electron chi connectivity index (χ1n) is 14.2. The maximum absolute atomic E-state index is 13.5. The van der Waals surface area contributed by atoms with Crippen molar-refractivity contribution in [2.75, 3.05) is 39.3 Å². The summed E-state index contributed by atoms with van der Waals surface area (Å²) >= 11 is 0. The Balaban J connectivity index is 1.31. The van der Waals surface area contributed by atoms with Crippen molar-refractivity contribution in [1.82, 2.24) is 45.1 Å². The predicted octanol–water partition coefficient (Wildman–Crippen LogP) is 1.26. The van der Waals surface area contributed by atoms with Gasteiger partial charge in [0.1, 0.15) is 12.1 Å². The molecule has 3 amide bonds. The molecule has 5 rings (SSSR count). The number of fused-ring (bicyclic) bond motifs is 4. The predicted molar refractivity (Wildman–Crippen MR) is 148 cm³/mol. The average molecular weight is 564 g/mol. The van der Waals surface area contributed by atoms with E-state index in [9.17, 15) is 14.4 Å². The smallest absolute Gasteiger partial charge is 0.257 e. The molecule has 0 unspecified atom stereocenters. The molecule has 1 fully saturated rings. The van der Waals surface area contributed by atoms with Crippen molar-refractivity contribution >= 4 is 17.7 Å². The molecular weight excluding hydrogens is 526 g/mol. The van der Waals surface area contributed by atoms with Gasteiger partial charge in [0.25, 0.3) is 5.91 Å². The standard InChI is InChI=1S/C28H37N9O4/c1-3-10-36-18-23(20(2)31-36)28(40)34-11-5-14-41-22-7-4-6-21(15-22)24-16-35(17-25(24)27(39)29-9-13-34)26(38)8-12-37-19-30-32-33-37/h4,6-7,15,18-19,24-25H,3,5,8-14,16-17H2,1-2H3,(H,29,39)/t24-,25+/m1/s1. The van der Waals surface area contributed by atoms with Crippen LogP contribution in [0.25, 0.3) is 0 Å². The van der Waals surface area contributed by atoms with Gasteiger partial charge < -0.3 is 19.9 Å². The van der Waals surface area contributed by atoms with Crippen LogP contribution in [0.15, 0.2) is 36.8 Å². The van der Waals surface area contributed by atoms with E-state index in [1.165, 1.54) is 11.0 Å². The largest absolute Gasteiger partial charge is 0.494 e. The molecule has 41 heavy (non-hydrogen) atoms. The average Bonchev–Trinajstić information content (AvgIpc) is 3.73. The topological polar surface area (TPSA) is 140 Å².